The van der Waals surface area contributed by atoms with Crippen LogP contribution in [0.4, 0.5) is 0 Å². The minimum Gasteiger partial charge on any atom is -0.337 e. The van der Waals surface area contributed by atoms with Gasteiger partial charge in [-0.1, -0.05) is 35.9 Å². The Morgan fingerprint density at radius 3 is 2.86 bits per heavy atom. The van der Waals surface area contributed by atoms with Crippen molar-refractivity contribution < 1.29 is 10.1 Å². The number of likely N-dealkylation sites (tertiary alicyclic amines) is 1. The third-order valence-electron chi connectivity index (χ3n) is 5.48. The summed E-state index contributed by atoms with van der Waals surface area (Å²) in [5.41, 5.74) is 2.25. The molecule has 0 bridgehead atoms. The van der Waals surface area contributed by atoms with Gasteiger partial charge in [0.25, 0.3) is 5.91 Å². The molecule has 1 saturated heterocycles. The zero-order valence-electron chi connectivity index (χ0n) is 16.0. The van der Waals surface area contributed by atoms with Gasteiger partial charge in [0.1, 0.15) is 6.04 Å². The lowest BCUT2D eigenvalue weighted by atomic mass is 9.98. The number of aromatic nitrogens is 1. The van der Waals surface area contributed by atoms with Gasteiger partial charge in [-0.2, -0.15) is 0 Å². The topological polar surface area (TPSA) is 49.8 Å². The lowest BCUT2D eigenvalue weighted by molar-refractivity contribution is -0.683. The van der Waals surface area contributed by atoms with Gasteiger partial charge < -0.3 is 10.2 Å². The van der Waals surface area contributed by atoms with E-state index >= 15 is 0 Å². The van der Waals surface area contributed by atoms with E-state index in [-0.39, 0.29) is 11.9 Å². The van der Waals surface area contributed by atoms with Gasteiger partial charge in [-0.05, 0) is 44.0 Å². The Bertz CT molecular complexity index is 923. The summed E-state index contributed by atoms with van der Waals surface area (Å²) >= 11 is 7.73. The number of hydrogen-bond donors (Lipinski definition) is 1. The van der Waals surface area contributed by atoms with Crippen LogP contribution in [0.1, 0.15) is 42.3 Å². The summed E-state index contributed by atoms with van der Waals surface area (Å²) in [6, 6.07) is 16.3. The molecule has 1 aliphatic rings. The summed E-state index contributed by atoms with van der Waals surface area (Å²) in [5, 5.41) is 4.01. The van der Waals surface area contributed by atoms with E-state index < -0.39 is 0 Å². The van der Waals surface area contributed by atoms with E-state index in [0.29, 0.717) is 12.5 Å². The number of thiazole rings is 1. The van der Waals surface area contributed by atoms with Crippen LogP contribution in [0.25, 0.3) is 10.2 Å². The number of rotatable bonds is 5. The number of hydrogen-bond acceptors (Lipinski definition) is 3. The molecule has 0 spiro atoms. The Labute approximate surface area is 174 Å². The number of piperidine rings is 1. The summed E-state index contributed by atoms with van der Waals surface area (Å²) in [6.45, 7) is 4.22. The highest BCUT2D eigenvalue weighted by molar-refractivity contribution is 7.18. The Morgan fingerprint density at radius 2 is 2.07 bits per heavy atom. The first-order chi connectivity index (χ1) is 13.6. The molecule has 1 aliphatic heterocycles. The van der Waals surface area contributed by atoms with Crippen molar-refractivity contribution in [3.63, 3.8) is 0 Å². The van der Waals surface area contributed by atoms with Crippen molar-refractivity contribution in [2.24, 2.45) is 0 Å². The smallest absolute Gasteiger partial charge is 0.277 e. The zero-order valence-corrected chi connectivity index (χ0v) is 17.5. The molecule has 2 atom stereocenters. The van der Waals surface area contributed by atoms with Gasteiger partial charge in [-0.3, -0.25) is 4.79 Å². The molecule has 4 nitrogen and oxygen atoms in total. The molecule has 28 heavy (non-hydrogen) atoms. The van der Waals surface area contributed by atoms with Crippen molar-refractivity contribution in [2.45, 2.75) is 31.7 Å². The lowest BCUT2D eigenvalue weighted by Gasteiger charge is -2.31. The van der Waals surface area contributed by atoms with Crippen LogP contribution in [0.2, 0.25) is 5.02 Å². The van der Waals surface area contributed by atoms with Gasteiger partial charge in [0.05, 0.1) is 15.2 Å². The van der Waals surface area contributed by atoms with E-state index in [1.165, 1.54) is 10.3 Å². The van der Waals surface area contributed by atoms with Crippen molar-refractivity contribution >= 4 is 39.1 Å². The largest absolute Gasteiger partial charge is 0.337 e. The number of fused-ring (bicyclic) bond motifs is 1. The fourth-order valence-electron chi connectivity index (χ4n) is 3.78. The minimum absolute atomic E-state index is 0.214. The molecule has 0 radical (unpaired) electrons. The average molecular weight is 415 g/mol. The van der Waals surface area contributed by atoms with E-state index in [9.17, 15) is 4.79 Å². The first kappa shape index (κ1) is 19.4. The van der Waals surface area contributed by atoms with Crippen molar-refractivity contribution in [1.29, 1.82) is 0 Å². The average Bonchev–Trinajstić information content (AvgIpc) is 3.17. The van der Waals surface area contributed by atoms with Crippen LogP contribution in [-0.4, -0.2) is 35.4 Å². The number of halogens is 1. The van der Waals surface area contributed by atoms with E-state index in [4.69, 9.17) is 16.6 Å². The van der Waals surface area contributed by atoms with Crippen LogP contribution in [-0.2, 0) is 4.79 Å². The first-order valence-corrected chi connectivity index (χ1v) is 11.0. The zero-order chi connectivity index (χ0) is 19.5. The van der Waals surface area contributed by atoms with Gasteiger partial charge >= 0.3 is 0 Å². The number of nitrogens with zero attached hydrogens (tertiary/aromatic N) is 2. The number of para-hydroxylation sites is 1. The molecular formula is C22H25ClN3OS+. The number of quaternary nitrogens is 1. The molecule has 0 unspecified atom stereocenters. The number of carbonyl (C=O) groups excluding carboxylic acids is 1. The fraction of sp³-hybridized carbons (Fsp3) is 0.364. The molecule has 4 rings (SSSR count). The molecule has 2 aromatic carbocycles. The Kier molecular flexibility index (Phi) is 5.95. The molecule has 2 heterocycles. The SMILES string of the molecule is C[C@H]([NH2+]CC(=O)N1CCC[C@@H](c2nc3ccccc3s2)C1)c1ccc(Cl)cc1. The highest BCUT2D eigenvalue weighted by Gasteiger charge is 2.27. The normalized spacial score (nSPS) is 18.4. The number of benzene rings is 2. The maximum atomic E-state index is 12.8. The Morgan fingerprint density at radius 1 is 1.29 bits per heavy atom. The molecule has 146 valence electrons. The predicted octanol–water partition coefficient (Wildman–Crippen LogP) is 3.98. The monoisotopic (exact) mass is 414 g/mol. The Balaban J connectivity index is 1.35. The van der Waals surface area contributed by atoms with Crippen LogP contribution in [0.5, 0.6) is 0 Å². The molecule has 3 aromatic rings. The van der Waals surface area contributed by atoms with Crippen LogP contribution < -0.4 is 5.32 Å². The molecule has 0 saturated carbocycles. The first-order valence-electron chi connectivity index (χ1n) is 9.82. The van der Waals surface area contributed by atoms with Crippen molar-refractivity contribution in [2.75, 3.05) is 19.6 Å². The van der Waals surface area contributed by atoms with Crippen molar-refractivity contribution in [1.82, 2.24) is 9.88 Å². The standard InChI is InChI=1S/C22H24ClN3OS/c1-15(16-8-10-18(23)11-9-16)24-13-21(27)26-12-4-5-17(14-26)22-25-19-6-2-3-7-20(19)28-22/h2-3,6-11,15,17,24H,4-5,12-14H2,1H3/p+1/t15-,17+/m0/s1. The Hall–Kier alpha value is -1.95. The second kappa shape index (κ2) is 8.60. The van der Waals surface area contributed by atoms with Crippen LogP contribution in [0.15, 0.2) is 48.5 Å². The van der Waals surface area contributed by atoms with Gasteiger partial charge in [0.15, 0.2) is 6.54 Å². The summed E-state index contributed by atoms with van der Waals surface area (Å²) in [6.07, 6.45) is 2.15. The van der Waals surface area contributed by atoms with Crippen LogP contribution >= 0.6 is 22.9 Å². The van der Waals surface area contributed by atoms with Crippen molar-refractivity contribution in [3.8, 4) is 0 Å². The molecular weight excluding hydrogens is 390 g/mol. The van der Waals surface area contributed by atoms with Crippen molar-refractivity contribution in [3.05, 3.63) is 64.1 Å². The summed E-state index contributed by atoms with van der Waals surface area (Å²) < 4.78 is 1.23. The summed E-state index contributed by atoms with van der Waals surface area (Å²) in [7, 11) is 0. The molecule has 6 heteroatoms. The summed E-state index contributed by atoms with van der Waals surface area (Å²) in [4.78, 5) is 19.6. The fourth-order valence-corrected chi connectivity index (χ4v) is 5.00. The predicted molar refractivity (Wildman–Crippen MR) is 115 cm³/mol. The molecule has 1 aromatic heterocycles. The van der Waals surface area contributed by atoms with Gasteiger partial charge in [-0.15, -0.1) is 11.3 Å². The summed E-state index contributed by atoms with van der Waals surface area (Å²) in [5.74, 6) is 0.565. The van der Waals surface area contributed by atoms with Crippen LogP contribution in [0.3, 0.4) is 0 Å². The van der Waals surface area contributed by atoms with E-state index in [1.54, 1.807) is 11.3 Å². The number of nitrogens with two attached hydrogens (primary N) is 1. The molecule has 1 amide bonds. The number of amides is 1. The maximum absolute atomic E-state index is 12.8. The molecule has 2 N–H and O–H groups in total. The highest BCUT2D eigenvalue weighted by Crippen LogP contribution is 2.32. The third kappa shape index (κ3) is 4.37. The van der Waals surface area contributed by atoms with Gasteiger partial charge in [0.2, 0.25) is 0 Å². The van der Waals surface area contributed by atoms with Gasteiger partial charge in [-0.25, -0.2) is 4.98 Å². The van der Waals surface area contributed by atoms with E-state index in [2.05, 4.69) is 30.4 Å². The maximum Gasteiger partial charge on any atom is 0.277 e. The lowest BCUT2D eigenvalue weighted by Crippen LogP contribution is -2.87. The van der Waals surface area contributed by atoms with E-state index in [0.717, 1.165) is 41.5 Å². The minimum atomic E-state index is 0.214. The molecule has 1 fully saturated rings. The quantitative estimate of drug-likeness (QED) is 0.686. The van der Waals surface area contributed by atoms with E-state index in [1.807, 2.05) is 35.2 Å². The third-order valence-corrected chi connectivity index (χ3v) is 6.93. The van der Waals surface area contributed by atoms with Crippen LogP contribution in [0, 0.1) is 0 Å². The second-order valence-electron chi connectivity index (χ2n) is 7.48. The van der Waals surface area contributed by atoms with Gasteiger partial charge in [0, 0.05) is 29.6 Å². The molecule has 0 aliphatic carbocycles. The second-order valence-corrected chi connectivity index (χ2v) is 8.98. The number of carbonyl (C=O) groups is 1. The highest BCUT2D eigenvalue weighted by atomic mass is 35.5.